The van der Waals surface area contributed by atoms with Crippen LogP contribution in [0.4, 0.5) is 25.0 Å². The first-order valence-electron chi connectivity index (χ1n) is 5.54. The molecule has 2 rings (SSSR count). The number of carbonyl (C=O) groups is 1. The van der Waals surface area contributed by atoms with E-state index >= 15 is 0 Å². The summed E-state index contributed by atoms with van der Waals surface area (Å²) in [6.45, 7) is 0. The van der Waals surface area contributed by atoms with Gasteiger partial charge in [0.2, 0.25) is 0 Å². The van der Waals surface area contributed by atoms with Crippen molar-refractivity contribution in [3.8, 4) is 0 Å². The minimum atomic E-state index is -0.897. The van der Waals surface area contributed by atoms with Gasteiger partial charge < -0.3 is 10.6 Å². The lowest BCUT2D eigenvalue weighted by molar-refractivity contribution is 0.262. The van der Waals surface area contributed by atoms with Crippen LogP contribution in [0.15, 0.2) is 34.8 Å². The van der Waals surface area contributed by atoms with E-state index in [9.17, 15) is 13.6 Å². The van der Waals surface area contributed by atoms with Gasteiger partial charge >= 0.3 is 6.03 Å². The van der Waals surface area contributed by atoms with Gasteiger partial charge in [-0.15, -0.1) is 0 Å². The first-order valence-corrected chi connectivity index (χ1v) is 7.09. The number of urea groups is 1. The maximum Gasteiger partial charge on any atom is 0.323 e. The maximum absolute atomic E-state index is 13.6. The summed E-state index contributed by atoms with van der Waals surface area (Å²) in [7, 11) is 0. The second-order valence-corrected chi connectivity index (χ2v) is 5.68. The zero-order valence-corrected chi connectivity index (χ0v) is 13.3. The van der Waals surface area contributed by atoms with Gasteiger partial charge in [-0.3, -0.25) is 0 Å². The molecule has 0 heterocycles. The minimum absolute atomic E-state index is 0.230. The predicted molar refractivity (Wildman–Crippen MR) is 83.2 cm³/mol. The van der Waals surface area contributed by atoms with Crippen molar-refractivity contribution in [2.24, 2.45) is 0 Å². The highest BCUT2D eigenvalue weighted by Gasteiger charge is 2.14. The molecule has 0 radical (unpaired) electrons. The molecule has 2 N–H and O–H groups in total. The summed E-state index contributed by atoms with van der Waals surface area (Å²) in [6.07, 6.45) is 0. The molecule has 0 saturated carbocycles. The Morgan fingerprint density at radius 3 is 2.19 bits per heavy atom. The van der Waals surface area contributed by atoms with E-state index in [0.717, 1.165) is 12.1 Å². The lowest BCUT2D eigenvalue weighted by atomic mass is 10.3. The van der Waals surface area contributed by atoms with Gasteiger partial charge in [-0.25, -0.2) is 13.6 Å². The molecule has 0 spiro atoms. The van der Waals surface area contributed by atoms with Crippen LogP contribution in [0.1, 0.15) is 0 Å². The number of amides is 2. The molecule has 0 aliphatic heterocycles. The summed E-state index contributed by atoms with van der Waals surface area (Å²) in [5.74, 6) is -1.79. The highest BCUT2D eigenvalue weighted by molar-refractivity contribution is 9.10. The molecule has 2 aromatic carbocycles. The number of rotatable bonds is 2. The molecule has 8 heteroatoms. The molecule has 0 fully saturated rings. The van der Waals surface area contributed by atoms with Crippen LogP contribution in [0.25, 0.3) is 0 Å². The Balaban J connectivity index is 2.13. The molecule has 0 aliphatic carbocycles. The van der Waals surface area contributed by atoms with Crippen molar-refractivity contribution in [2.45, 2.75) is 0 Å². The van der Waals surface area contributed by atoms with E-state index in [1.807, 2.05) is 0 Å². The molecular formula is C13H7BrCl2F2N2O. The number of carbonyl (C=O) groups excluding carboxylic acids is 1. The average molecular weight is 396 g/mol. The third-order valence-electron chi connectivity index (χ3n) is 2.42. The summed E-state index contributed by atoms with van der Waals surface area (Å²) in [4.78, 5) is 11.7. The van der Waals surface area contributed by atoms with Crippen LogP contribution in [0.5, 0.6) is 0 Å². The molecule has 21 heavy (non-hydrogen) atoms. The van der Waals surface area contributed by atoms with Gasteiger partial charge in [0.1, 0.15) is 5.69 Å². The van der Waals surface area contributed by atoms with Crippen molar-refractivity contribution in [1.82, 2.24) is 0 Å². The highest BCUT2D eigenvalue weighted by Crippen LogP contribution is 2.26. The summed E-state index contributed by atoms with van der Waals surface area (Å²) in [6, 6.07) is 5.67. The van der Waals surface area contributed by atoms with Crippen molar-refractivity contribution in [3.63, 3.8) is 0 Å². The molecule has 2 amide bonds. The van der Waals surface area contributed by atoms with E-state index in [4.69, 9.17) is 23.2 Å². The van der Waals surface area contributed by atoms with Gasteiger partial charge in [0.25, 0.3) is 0 Å². The van der Waals surface area contributed by atoms with Crippen molar-refractivity contribution in [2.75, 3.05) is 10.6 Å². The molecule has 3 nitrogen and oxygen atoms in total. The van der Waals surface area contributed by atoms with Crippen LogP contribution < -0.4 is 10.6 Å². The van der Waals surface area contributed by atoms with Crippen LogP contribution in [-0.2, 0) is 0 Å². The first kappa shape index (κ1) is 16.0. The molecular weight excluding hydrogens is 389 g/mol. The van der Waals surface area contributed by atoms with Gasteiger partial charge in [-0.1, -0.05) is 39.1 Å². The quantitative estimate of drug-likeness (QED) is 0.674. The summed E-state index contributed by atoms with van der Waals surface area (Å²) < 4.78 is 27.4. The monoisotopic (exact) mass is 394 g/mol. The Morgan fingerprint density at radius 2 is 1.62 bits per heavy atom. The van der Waals surface area contributed by atoms with Gasteiger partial charge in [-0.05, 0) is 30.3 Å². The zero-order valence-electron chi connectivity index (χ0n) is 10.2. The van der Waals surface area contributed by atoms with Gasteiger partial charge in [0.05, 0.1) is 10.0 Å². The molecule has 0 atom stereocenters. The largest absolute Gasteiger partial charge is 0.323 e. The summed E-state index contributed by atoms with van der Waals surface area (Å²) >= 11 is 14.5. The molecule has 2 aromatic rings. The highest BCUT2D eigenvalue weighted by atomic mass is 79.9. The van der Waals surface area contributed by atoms with E-state index in [1.165, 1.54) is 18.2 Å². The third-order valence-corrected chi connectivity index (χ3v) is 3.62. The number of hydrogen-bond acceptors (Lipinski definition) is 1. The summed E-state index contributed by atoms with van der Waals surface area (Å²) in [5, 5.41) is 5.05. The van der Waals surface area contributed by atoms with Crippen LogP contribution in [0.3, 0.4) is 0 Å². The SMILES string of the molecule is O=C(Nc1ccc(Cl)c(Cl)c1)Nc1c(F)cc(Br)cc1F. The van der Waals surface area contributed by atoms with E-state index < -0.39 is 23.4 Å². The van der Waals surface area contributed by atoms with E-state index in [2.05, 4.69) is 26.6 Å². The molecule has 0 saturated heterocycles. The predicted octanol–water partition coefficient (Wildman–Crippen LogP) is 5.68. The van der Waals surface area contributed by atoms with Gasteiger partial charge in [0, 0.05) is 10.2 Å². The van der Waals surface area contributed by atoms with E-state index in [-0.39, 0.29) is 9.50 Å². The van der Waals surface area contributed by atoms with E-state index in [0.29, 0.717) is 10.7 Å². The summed E-state index contributed by atoms with van der Waals surface area (Å²) in [5.41, 5.74) is -0.212. The van der Waals surface area contributed by atoms with Crippen LogP contribution in [-0.4, -0.2) is 6.03 Å². The lowest BCUT2D eigenvalue weighted by Crippen LogP contribution is -2.21. The van der Waals surface area contributed by atoms with Gasteiger partial charge in [-0.2, -0.15) is 0 Å². The molecule has 0 aromatic heterocycles. The smallest absolute Gasteiger partial charge is 0.308 e. The number of nitrogens with one attached hydrogen (secondary N) is 2. The minimum Gasteiger partial charge on any atom is -0.308 e. The second kappa shape index (κ2) is 6.60. The van der Waals surface area contributed by atoms with Gasteiger partial charge in [0.15, 0.2) is 11.6 Å². The Hall–Kier alpha value is -1.37. The van der Waals surface area contributed by atoms with Crippen molar-refractivity contribution in [3.05, 3.63) is 56.5 Å². The third kappa shape index (κ3) is 4.06. The fourth-order valence-corrected chi connectivity index (χ4v) is 2.21. The number of benzene rings is 2. The standard InChI is InChI=1S/C13H7BrCl2F2N2O/c14-6-3-10(17)12(11(18)4-6)20-13(21)19-7-1-2-8(15)9(16)5-7/h1-5H,(H2,19,20,21). The first-order chi connectivity index (χ1) is 9.86. The van der Waals surface area contributed by atoms with Crippen LogP contribution in [0, 0.1) is 11.6 Å². The fourth-order valence-electron chi connectivity index (χ4n) is 1.51. The number of halogens is 5. The lowest BCUT2D eigenvalue weighted by Gasteiger charge is -2.10. The molecule has 110 valence electrons. The normalized spacial score (nSPS) is 10.3. The Kier molecular flexibility index (Phi) is 5.03. The topological polar surface area (TPSA) is 41.1 Å². The van der Waals surface area contributed by atoms with Crippen LogP contribution >= 0.6 is 39.1 Å². The second-order valence-electron chi connectivity index (χ2n) is 3.95. The number of anilines is 2. The zero-order chi connectivity index (χ0) is 15.6. The Labute approximate surface area is 137 Å². The molecule has 0 unspecified atom stereocenters. The van der Waals surface area contributed by atoms with Crippen molar-refractivity contribution >= 4 is 56.5 Å². The van der Waals surface area contributed by atoms with E-state index in [1.54, 1.807) is 0 Å². The molecule has 0 bridgehead atoms. The number of hydrogen-bond donors (Lipinski definition) is 2. The Bertz CT molecular complexity index is 690. The fraction of sp³-hybridized carbons (Fsp3) is 0. The van der Waals surface area contributed by atoms with Crippen molar-refractivity contribution < 1.29 is 13.6 Å². The molecule has 0 aliphatic rings. The van der Waals surface area contributed by atoms with Crippen LogP contribution in [0.2, 0.25) is 10.0 Å². The van der Waals surface area contributed by atoms with Crippen molar-refractivity contribution in [1.29, 1.82) is 0 Å². The average Bonchev–Trinajstić information content (AvgIpc) is 2.38. The Morgan fingerprint density at radius 1 is 1.00 bits per heavy atom. The maximum atomic E-state index is 13.6.